The molecule has 0 atom stereocenters. The molecular weight excluding hydrogens is 340 g/mol. The summed E-state index contributed by atoms with van der Waals surface area (Å²) >= 11 is 8.74. The van der Waals surface area contributed by atoms with Gasteiger partial charge in [-0.1, -0.05) is 18.5 Å². The first-order chi connectivity index (χ1) is 8.99. The van der Waals surface area contributed by atoms with Gasteiger partial charge in [0.15, 0.2) is 0 Å². The van der Waals surface area contributed by atoms with Crippen molar-refractivity contribution in [3.05, 3.63) is 45.3 Å². The fourth-order valence-electron chi connectivity index (χ4n) is 1.44. The molecule has 1 heterocycles. The van der Waals surface area contributed by atoms with Gasteiger partial charge in [0, 0.05) is 18.6 Å². The highest BCUT2D eigenvalue weighted by Gasteiger charge is 2.10. The van der Waals surface area contributed by atoms with Crippen LogP contribution in [0.2, 0.25) is 5.15 Å². The van der Waals surface area contributed by atoms with Gasteiger partial charge in [0.1, 0.15) is 28.4 Å². The second-order valence-corrected chi connectivity index (χ2v) is 4.96. The third-order valence-electron chi connectivity index (χ3n) is 2.33. The molecule has 0 aliphatic heterocycles. The zero-order chi connectivity index (χ0) is 14.0. The van der Waals surface area contributed by atoms with E-state index in [1.54, 1.807) is 0 Å². The maximum Gasteiger partial charge on any atom is 0.148 e. The van der Waals surface area contributed by atoms with E-state index in [1.807, 2.05) is 6.92 Å². The summed E-state index contributed by atoms with van der Waals surface area (Å²) in [6.07, 6.45) is 0.590. The van der Waals surface area contributed by atoms with Crippen molar-refractivity contribution in [1.82, 2.24) is 9.97 Å². The standard InChI is InChI=1S/C12H9BrClF2N3/c1-2-11-18-10(14)5-12(19-11)17-9-4-7(15)6(13)3-8(9)16/h3-5H,2H2,1H3,(H,17,18,19). The monoisotopic (exact) mass is 347 g/mol. The van der Waals surface area contributed by atoms with Crippen LogP contribution in [0.25, 0.3) is 0 Å². The Morgan fingerprint density at radius 3 is 2.63 bits per heavy atom. The fraction of sp³-hybridized carbons (Fsp3) is 0.167. The van der Waals surface area contributed by atoms with Gasteiger partial charge in [-0.25, -0.2) is 18.7 Å². The van der Waals surface area contributed by atoms with Crippen LogP contribution in [0.4, 0.5) is 20.3 Å². The van der Waals surface area contributed by atoms with Gasteiger partial charge in [-0.05, 0) is 22.0 Å². The molecule has 0 aliphatic carbocycles. The minimum atomic E-state index is -0.596. The molecule has 0 aliphatic rings. The van der Waals surface area contributed by atoms with Crippen LogP contribution in [-0.4, -0.2) is 9.97 Å². The number of anilines is 2. The van der Waals surface area contributed by atoms with Crippen molar-refractivity contribution in [3.8, 4) is 0 Å². The molecule has 0 unspecified atom stereocenters. The molecule has 0 saturated carbocycles. The van der Waals surface area contributed by atoms with E-state index in [-0.39, 0.29) is 15.3 Å². The minimum Gasteiger partial charge on any atom is -0.338 e. The van der Waals surface area contributed by atoms with Crippen molar-refractivity contribution in [3.63, 3.8) is 0 Å². The Morgan fingerprint density at radius 2 is 1.95 bits per heavy atom. The fourth-order valence-corrected chi connectivity index (χ4v) is 1.96. The predicted octanol–water partition coefficient (Wildman–Crippen LogP) is 4.48. The van der Waals surface area contributed by atoms with Gasteiger partial charge in [-0.15, -0.1) is 0 Å². The third-order valence-corrected chi connectivity index (χ3v) is 3.13. The van der Waals surface area contributed by atoms with Crippen LogP contribution in [0.15, 0.2) is 22.7 Å². The predicted molar refractivity (Wildman–Crippen MR) is 73.8 cm³/mol. The quantitative estimate of drug-likeness (QED) is 0.656. The summed E-state index contributed by atoms with van der Waals surface area (Å²) in [5.41, 5.74) is -0.0162. The third kappa shape index (κ3) is 3.39. The molecule has 0 amide bonds. The number of hydrogen-bond acceptors (Lipinski definition) is 3. The molecule has 0 saturated heterocycles. The Morgan fingerprint density at radius 1 is 1.21 bits per heavy atom. The Hall–Kier alpha value is -1.27. The van der Waals surface area contributed by atoms with Crippen molar-refractivity contribution < 1.29 is 8.78 Å². The molecular formula is C12H9BrClF2N3. The van der Waals surface area contributed by atoms with Crippen molar-refractivity contribution in [2.75, 3.05) is 5.32 Å². The van der Waals surface area contributed by atoms with Crippen molar-refractivity contribution in [1.29, 1.82) is 0 Å². The molecule has 0 bridgehead atoms. The van der Waals surface area contributed by atoms with Gasteiger partial charge < -0.3 is 5.32 Å². The largest absolute Gasteiger partial charge is 0.338 e. The number of nitrogens with one attached hydrogen (secondary N) is 1. The van der Waals surface area contributed by atoms with Crippen LogP contribution in [-0.2, 0) is 6.42 Å². The van der Waals surface area contributed by atoms with Crippen LogP contribution in [0, 0.1) is 11.6 Å². The highest BCUT2D eigenvalue weighted by atomic mass is 79.9. The van der Waals surface area contributed by atoms with Gasteiger partial charge in [0.25, 0.3) is 0 Å². The highest BCUT2D eigenvalue weighted by molar-refractivity contribution is 9.10. The first-order valence-corrected chi connectivity index (χ1v) is 6.61. The Kier molecular flexibility index (Phi) is 4.31. The molecule has 0 spiro atoms. The lowest BCUT2D eigenvalue weighted by Crippen LogP contribution is -2.01. The molecule has 100 valence electrons. The van der Waals surface area contributed by atoms with Crippen LogP contribution in [0.1, 0.15) is 12.7 Å². The molecule has 7 heteroatoms. The molecule has 3 nitrogen and oxygen atoms in total. The van der Waals surface area contributed by atoms with E-state index in [9.17, 15) is 8.78 Å². The van der Waals surface area contributed by atoms with E-state index in [1.165, 1.54) is 6.07 Å². The van der Waals surface area contributed by atoms with Crippen LogP contribution < -0.4 is 5.32 Å². The molecule has 0 fully saturated rings. The summed E-state index contributed by atoms with van der Waals surface area (Å²) < 4.78 is 27.1. The van der Waals surface area contributed by atoms with Crippen molar-refractivity contribution in [2.24, 2.45) is 0 Å². The Labute approximate surface area is 122 Å². The van der Waals surface area contributed by atoms with E-state index >= 15 is 0 Å². The lowest BCUT2D eigenvalue weighted by atomic mass is 10.3. The van der Waals surface area contributed by atoms with Gasteiger partial charge in [0.2, 0.25) is 0 Å². The summed E-state index contributed by atoms with van der Waals surface area (Å²) in [7, 11) is 0. The summed E-state index contributed by atoms with van der Waals surface area (Å²) in [5.74, 6) is -0.328. The van der Waals surface area contributed by atoms with Crippen molar-refractivity contribution in [2.45, 2.75) is 13.3 Å². The van der Waals surface area contributed by atoms with Crippen LogP contribution in [0.5, 0.6) is 0 Å². The molecule has 0 radical (unpaired) electrons. The number of rotatable bonds is 3. The zero-order valence-electron chi connectivity index (χ0n) is 9.85. The molecule has 19 heavy (non-hydrogen) atoms. The highest BCUT2D eigenvalue weighted by Crippen LogP contribution is 2.26. The lowest BCUT2D eigenvalue weighted by molar-refractivity contribution is 0.597. The molecule has 1 aromatic carbocycles. The smallest absolute Gasteiger partial charge is 0.148 e. The lowest BCUT2D eigenvalue weighted by Gasteiger charge is -2.09. The maximum absolute atomic E-state index is 13.7. The van der Waals surface area contributed by atoms with E-state index in [0.29, 0.717) is 18.1 Å². The molecule has 2 aromatic rings. The number of nitrogens with zero attached hydrogens (tertiary/aromatic N) is 2. The molecule has 1 N–H and O–H groups in total. The SMILES string of the molecule is CCc1nc(Cl)cc(Nc2cc(F)c(Br)cc2F)n1. The topological polar surface area (TPSA) is 37.8 Å². The molecule has 2 rings (SSSR count). The first-order valence-electron chi connectivity index (χ1n) is 5.44. The van der Waals surface area contributed by atoms with Crippen LogP contribution in [0.3, 0.4) is 0 Å². The number of hydrogen-bond donors (Lipinski definition) is 1. The van der Waals surface area contributed by atoms with E-state index in [0.717, 1.165) is 12.1 Å². The first kappa shape index (κ1) is 14.1. The Bertz CT molecular complexity index is 622. The summed E-state index contributed by atoms with van der Waals surface area (Å²) in [5, 5.41) is 2.93. The van der Waals surface area contributed by atoms with Crippen LogP contribution >= 0.6 is 27.5 Å². The average molecular weight is 349 g/mol. The average Bonchev–Trinajstić information content (AvgIpc) is 2.35. The van der Waals surface area contributed by atoms with E-state index < -0.39 is 11.6 Å². The summed E-state index contributed by atoms with van der Waals surface area (Å²) in [4.78, 5) is 8.12. The van der Waals surface area contributed by atoms with Gasteiger partial charge >= 0.3 is 0 Å². The zero-order valence-corrected chi connectivity index (χ0v) is 12.2. The second kappa shape index (κ2) is 5.79. The van der Waals surface area contributed by atoms with Gasteiger partial charge in [-0.2, -0.15) is 0 Å². The number of benzene rings is 1. The molecule has 1 aromatic heterocycles. The normalized spacial score (nSPS) is 10.6. The summed E-state index contributed by atoms with van der Waals surface area (Å²) in [6, 6.07) is 3.53. The number of aryl methyl sites for hydroxylation is 1. The summed E-state index contributed by atoms with van der Waals surface area (Å²) in [6.45, 7) is 1.87. The number of aromatic nitrogens is 2. The van der Waals surface area contributed by atoms with E-state index in [2.05, 4.69) is 31.2 Å². The van der Waals surface area contributed by atoms with Gasteiger partial charge in [0.05, 0.1) is 10.2 Å². The Balaban J connectivity index is 2.36. The van der Waals surface area contributed by atoms with E-state index in [4.69, 9.17) is 11.6 Å². The number of halogens is 4. The second-order valence-electron chi connectivity index (χ2n) is 3.72. The maximum atomic E-state index is 13.7. The minimum absolute atomic E-state index is 0.0162. The van der Waals surface area contributed by atoms with Crippen molar-refractivity contribution >= 4 is 39.0 Å². The van der Waals surface area contributed by atoms with Gasteiger partial charge in [-0.3, -0.25) is 0 Å².